The second-order valence-corrected chi connectivity index (χ2v) is 12.2. The monoisotopic (exact) mass is 597 g/mol. The summed E-state index contributed by atoms with van der Waals surface area (Å²) in [4.78, 5) is 43.1. The zero-order chi connectivity index (χ0) is 30.6. The van der Waals surface area contributed by atoms with E-state index in [0.29, 0.717) is 35.9 Å². The maximum absolute atomic E-state index is 13.9. The van der Waals surface area contributed by atoms with E-state index in [1.54, 1.807) is 25.4 Å². The number of methoxy groups -OCH3 is 1. The number of rotatable bonds is 9. The Morgan fingerprint density at radius 2 is 1.80 bits per heavy atom. The number of nitrogens with zero attached hydrogens (tertiary/aromatic N) is 5. The molecule has 44 heavy (non-hydrogen) atoms. The van der Waals surface area contributed by atoms with Crippen LogP contribution < -0.4 is 25.2 Å². The van der Waals surface area contributed by atoms with E-state index in [9.17, 15) is 9.59 Å². The van der Waals surface area contributed by atoms with Crippen LogP contribution in [0.4, 0.5) is 23.1 Å². The number of likely N-dealkylation sites (tertiary alicyclic amines) is 1. The Morgan fingerprint density at radius 3 is 2.50 bits per heavy atom. The predicted molar refractivity (Wildman–Crippen MR) is 173 cm³/mol. The minimum absolute atomic E-state index is 0.0934. The summed E-state index contributed by atoms with van der Waals surface area (Å²) < 4.78 is 5.69. The molecule has 0 spiro atoms. The lowest BCUT2D eigenvalue weighted by Crippen LogP contribution is -2.56. The van der Waals surface area contributed by atoms with Gasteiger partial charge in [-0.15, -0.1) is 0 Å². The van der Waals surface area contributed by atoms with Crippen molar-refractivity contribution >= 4 is 35.0 Å². The van der Waals surface area contributed by atoms with Crippen molar-refractivity contribution in [2.45, 2.75) is 76.5 Å². The molecule has 1 atom stereocenters. The number of hydrogen-bond acceptors (Lipinski definition) is 8. The van der Waals surface area contributed by atoms with Crippen LogP contribution in [-0.2, 0) is 11.3 Å². The molecule has 6 rings (SSSR count). The van der Waals surface area contributed by atoms with Gasteiger partial charge in [-0.05, 0) is 76.0 Å². The number of nitrogens with one attached hydrogen (secondary N) is 2. The third-order valence-corrected chi connectivity index (χ3v) is 9.22. The summed E-state index contributed by atoms with van der Waals surface area (Å²) in [5.41, 5.74) is 3.00. The second kappa shape index (κ2) is 13.2. The van der Waals surface area contributed by atoms with Crippen LogP contribution in [0.15, 0.2) is 54.7 Å². The number of piperidine rings is 1. The van der Waals surface area contributed by atoms with Gasteiger partial charge in [0.05, 0.1) is 25.5 Å². The van der Waals surface area contributed by atoms with Crippen LogP contribution in [0.5, 0.6) is 5.75 Å². The molecule has 232 valence electrons. The van der Waals surface area contributed by atoms with Crippen molar-refractivity contribution in [1.82, 2.24) is 20.2 Å². The maximum Gasteiger partial charge on any atom is 0.251 e. The lowest BCUT2D eigenvalue weighted by molar-refractivity contribution is -0.120. The highest BCUT2D eigenvalue weighted by atomic mass is 16.5. The highest BCUT2D eigenvalue weighted by Gasteiger charge is 2.42. The molecule has 2 N–H and O–H groups in total. The Labute approximate surface area is 259 Å². The molecule has 3 aromatic rings. The Hall–Kier alpha value is -4.18. The number of ether oxygens (including phenoxy) is 1. The van der Waals surface area contributed by atoms with Crippen LogP contribution in [0.3, 0.4) is 0 Å². The van der Waals surface area contributed by atoms with Crippen molar-refractivity contribution in [3.05, 3.63) is 65.9 Å². The smallest absolute Gasteiger partial charge is 0.251 e. The summed E-state index contributed by atoms with van der Waals surface area (Å²) in [5, 5.41) is 6.50. The predicted octanol–water partition coefficient (Wildman–Crippen LogP) is 5.13. The van der Waals surface area contributed by atoms with Gasteiger partial charge in [-0.1, -0.05) is 50.1 Å². The van der Waals surface area contributed by atoms with Gasteiger partial charge in [-0.25, -0.2) is 4.98 Å². The molecule has 2 amide bonds. The van der Waals surface area contributed by atoms with Crippen molar-refractivity contribution in [2.75, 3.05) is 42.4 Å². The normalized spacial score (nSPS) is 19.6. The molecular formula is C34H43N7O3. The van der Waals surface area contributed by atoms with Crippen molar-refractivity contribution in [2.24, 2.45) is 0 Å². The Balaban J connectivity index is 1.28. The first-order chi connectivity index (χ1) is 21.4. The fraction of sp³-hybridized carbons (Fsp3) is 0.471. The van der Waals surface area contributed by atoms with E-state index in [4.69, 9.17) is 9.72 Å². The van der Waals surface area contributed by atoms with Crippen LogP contribution in [0.1, 0.15) is 67.8 Å². The zero-order valence-electron chi connectivity index (χ0n) is 26.0. The van der Waals surface area contributed by atoms with E-state index in [1.807, 2.05) is 41.3 Å². The average molecular weight is 598 g/mol. The van der Waals surface area contributed by atoms with Gasteiger partial charge in [-0.3, -0.25) is 9.59 Å². The number of benzene rings is 2. The van der Waals surface area contributed by atoms with Crippen molar-refractivity contribution in [3.63, 3.8) is 0 Å². The minimum Gasteiger partial charge on any atom is -0.495 e. The molecule has 10 heteroatoms. The van der Waals surface area contributed by atoms with Crippen LogP contribution in [0, 0.1) is 0 Å². The topological polar surface area (TPSA) is 103 Å². The number of fused-ring (bicyclic) bond motifs is 1. The molecular weight excluding hydrogens is 554 g/mol. The van der Waals surface area contributed by atoms with E-state index in [1.165, 1.54) is 0 Å². The van der Waals surface area contributed by atoms with E-state index in [-0.39, 0.29) is 29.9 Å². The van der Waals surface area contributed by atoms with Gasteiger partial charge in [0.2, 0.25) is 11.9 Å². The largest absolute Gasteiger partial charge is 0.495 e. The minimum atomic E-state index is -0.283. The van der Waals surface area contributed by atoms with Gasteiger partial charge in [0, 0.05) is 17.6 Å². The average Bonchev–Trinajstić information content (AvgIpc) is 3.58. The Kier molecular flexibility index (Phi) is 8.97. The fourth-order valence-corrected chi connectivity index (χ4v) is 6.76. The number of carbonyl (C=O) groups is 2. The van der Waals surface area contributed by atoms with E-state index >= 15 is 0 Å². The molecule has 0 unspecified atom stereocenters. The van der Waals surface area contributed by atoms with Gasteiger partial charge in [0.25, 0.3) is 5.91 Å². The van der Waals surface area contributed by atoms with Crippen LogP contribution in [0.25, 0.3) is 0 Å². The molecule has 0 bridgehead atoms. The van der Waals surface area contributed by atoms with Crippen LogP contribution >= 0.6 is 0 Å². The first kappa shape index (κ1) is 29.9. The highest BCUT2D eigenvalue weighted by molar-refractivity contribution is 6.05. The number of hydrogen-bond donors (Lipinski definition) is 2. The lowest BCUT2D eigenvalue weighted by atomic mass is 10.0. The van der Waals surface area contributed by atoms with E-state index < -0.39 is 0 Å². The standard InChI is InChI=1S/C34H43N7O3/c1-4-28-33(43)40(22-23-10-6-5-7-11-23)29-21-35-34(38-31(29)41(28)26-12-8-9-13-26)37-27-15-14-24(20-30(27)44-3)32(42)36-25-16-18-39(2)19-17-25/h5-7,10-11,14-15,20-21,25-26,28H,4,8-9,12-13,16-19,22H2,1-3H3,(H,36,42)(H,35,37,38)/t28-/m1/s1. The molecule has 10 nitrogen and oxygen atoms in total. The fourth-order valence-electron chi connectivity index (χ4n) is 6.76. The summed E-state index contributed by atoms with van der Waals surface area (Å²) in [7, 11) is 3.70. The van der Waals surface area contributed by atoms with Crippen molar-refractivity contribution < 1.29 is 14.3 Å². The first-order valence-corrected chi connectivity index (χ1v) is 15.9. The summed E-state index contributed by atoms with van der Waals surface area (Å²) in [6.45, 7) is 4.50. The van der Waals surface area contributed by atoms with Crippen LogP contribution in [0.2, 0.25) is 0 Å². The molecule has 2 aromatic carbocycles. The molecule has 2 aliphatic heterocycles. The summed E-state index contributed by atoms with van der Waals surface area (Å²) in [6, 6.07) is 15.6. The summed E-state index contributed by atoms with van der Waals surface area (Å²) >= 11 is 0. The molecule has 3 aliphatic rings. The molecule has 2 fully saturated rings. The molecule has 1 aromatic heterocycles. The third kappa shape index (κ3) is 6.22. The quantitative estimate of drug-likeness (QED) is 0.350. The molecule has 1 saturated carbocycles. The molecule has 0 radical (unpaired) electrons. The van der Waals surface area contributed by atoms with Gasteiger partial charge in [0.15, 0.2) is 5.82 Å². The van der Waals surface area contributed by atoms with Crippen molar-refractivity contribution in [3.8, 4) is 5.75 Å². The Morgan fingerprint density at radius 1 is 1.05 bits per heavy atom. The maximum atomic E-state index is 13.9. The number of anilines is 4. The Bertz CT molecular complexity index is 1470. The SMILES string of the molecule is CC[C@@H]1C(=O)N(Cc2ccccc2)c2cnc(Nc3ccc(C(=O)NC4CCN(C)CC4)cc3OC)nc2N1C1CCCC1. The summed E-state index contributed by atoms with van der Waals surface area (Å²) in [5.74, 6) is 1.72. The van der Waals surface area contributed by atoms with Gasteiger partial charge < -0.3 is 30.1 Å². The molecule has 1 saturated heterocycles. The molecule has 3 heterocycles. The van der Waals surface area contributed by atoms with Gasteiger partial charge >= 0.3 is 0 Å². The molecule has 1 aliphatic carbocycles. The lowest BCUT2D eigenvalue weighted by Gasteiger charge is -2.44. The highest BCUT2D eigenvalue weighted by Crippen LogP contribution is 2.41. The van der Waals surface area contributed by atoms with Crippen molar-refractivity contribution in [1.29, 1.82) is 0 Å². The third-order valence-electron chi connectivity index (χ3n) is 9.22. The summed E-state index contributed by atoms with van der Waals surface area (Å²) in [6.07, 6.45) is 8.74. The van der Waals surface area contributed by atoms with Crippen LogP contribution in [-0.4, -0.2) is 72.1 Å². The second-order valence-electron chi connectivity index (χ2n) is 12.2. The van der Waals surface area contributed by atoms with E-state index in [2.05, 4.69) is 39.4 Å². The number of amides is 2. The first-order valence-electron chi connectivity index (χ1n) is 15.9. The van der Waals surface area contributed by atoms with Gasteiger partial charge in [0.1, 0.15) is 17.5 Å². The number of carbonyl (C=O) groups excluding carboxylic acids is 2. The van der Waals surface area contributed by atoms with Gasteiger partial charge in [-0.2, -0.15) is 4.98 Å². The number of aromatic nitrogens is 2. The zero-order valence-corrected chi connectivity index (χ0v) is 26.0. The van der Waals surface area contributed by atoms with E-state index in [0.717, 1.165) is 68.7 Å².